The molecule has 148 valence electrons. The van der Waals surface area contributed by atoms with Gasteiger partial charge < -0.3 is 14.7 Å². The van der Waals surface area contributed by atoms with Gasteiger partial charge in [0, 0.05) is 45.5 Å². The highest BCUT2D eigenvalue weighted by Gasteiger charge is 2.24. The third-order valence-corrected chi connectivity index (χ3v) is 5.88. The van der Waals surface area contributed by atoms with Gasteiger partial charge in [0.05, 0.1) is 23.1 Å². The Bertz CT molecular complexity index is 827. The van der Waals surface area contributed by atoms with Gasteiger partial charge >= 0.3 is 0 Å². The second-order valence-corrected chi connectivity index (χ2v) is 7.83. The number of carbonyl (C=O) groups excluding carboxylic acids is 1. The van der Waals surface area contributed by atoms with Crippen LogP contribution >= 0.6 is 0 Å². The Morgan fingerprint density at radius 1 is 1.00 bits per heavy atom. The van der Waals surface area contributed by atoms with Crippen molar-refractivity contribution in [1.29, 1.82) is 0 Å². The fourth-order valence-corrected chi connectivity index (χ4v) is 4.03. The molecule has 0 atom stereocenters. The molecule has 1 aromatic heterocycles. The maximum atomic E-state index is 14.0. The van der Waals surface area contributed by atoms with Crippen molar-refractivity contribution in [3.63, 3.8) is 0 Å². The quantitative estimate of drug-likeness (QED) is 0.816. The SMILES string of the molecule is CC1CCN(C(=O)c2cncc(N3CCN(c4ccccc4F)CC3)c2)CC1. The van der Waals surface area contributed by atoms with Crippen LogP contribution in [0.3, 0.4) is 0 Å². The minimum absolute atomic E-state index is 0.0752. The summed E-state index contributed by atoms with van der Waals surface area (Å²) in [5.41, 5.74) is 2.27. The smallest absolute Gasteiger partial charge is 0.255 e. The molecule has 0 saturated carbocycles. The summed E-state index contributed by atoms with van der Waals surface area (Å²) in [7, 11) is 0. The minimum atomic E-state index is -0.180. The van der Waals surface area contributed by atoms with Gasteiger partial charge in [0.1, 0.15) is 5.82 Å². The molecule has 5 nitrogen and oxygen atoms in total. The second kappa shape index (κ2) is 8.17. The van der Waals surface area contributed by atoms with Crippen LogP contribution in [0.15, 0.2) is 42.7 Å². The summed E-state index contributed by atoms with van der Waals surface area (Å²) in [5, 5.41) is 0. The van der Waals surface area contributed by atoms with E-state index in [1.54, 1.807) is 12.3 Å². The number of hydrogen-bond acceptors (Lipinski definition) is 4. The lowest BCUT2D eigenvalue weighted by Crippen LogP contribution is -2.47. The Morgan fingerprint density at radius 3 is 2.39 bits per heavy atom. The average Bonchev–Trinajstić information content (AvgIpc) is 2.74. The second-order valence-electron chi connectivity index (χ2n) is 7.83. The van der Waals surface area contributed by atoms with Crippen molar-refractivity contribution in [2.45, 2.75) is 19.8 Å². The summed E-state index contributed by atoms with van der Waals surface area (Å²) in [6, 6.07) is 8.86. The number of benzene rings is 1. The lowest BCUT2D eigenvalue weighted by atomic mass is 9.99. The molecule has 6 heteroatoms. The van der Waals surface area contributed by atoms with Gasteiger partial charge in [0.25, 0.3) is 5.91 Å². The van der Waals surface area contributed by atoms with E-state index in [1.165, 1.54) is 6.07 Å². The number of anilines is 2. The van der Waals surface area contributed by atoms with Crippen LogP contribution in [0.1, 0.15) is 30.1 Å². The Morgan fingerprint density at radius 2 is 1.68 bits per heavy atom. The van der Waals surface area contributed by atoms with E-state index in [0.717, 1.165) is 57.8 Å². The summed E-state index contributed by atoms with van der Waals surface area (Å²) in [6.07, 6.45) is 5.61. The standard InChI is InChI=1S/C22H27FN4O/c1-17-6-8-27(9-7-17)22(28)18-14-19(16-24-15-18)25-10-12-26(13-11-25)21-5-3-2-4-20(21)23/h2-5,14-17H,6-13H2,1H3. The molecule has 2 aliphatic rings. The molecule has 0 unspecified atom stereocenters. The monoisotopic (exact) mass is 382 g/mol. The van der Waals surface area contributed by atoms with Gasteiger partial charge in [-0.05, 0) is 37.0 Å². The fraction of sp³-hybridized carbons (Fsp3) is 0.455. The predicted octanol–water partition coefficient (Wildman–Crippen LogP) is 3.42. The van der Waals surface area contributed by atoms with Crippen LogP contribution in [0, 0.1) is 11.7 Å². The maximum Gasteiger partial charge on any atom is 0.255 e. The summed E-state index contributed by atoms with van der Waals surface area (Å²) in [5.74, 6) is 0.589. The number of rotatable bonds is 3. The van der Waals surface area contributed by atoms with Crippen molar-refractivity contribution in [3.8, 4) is 0 Å². The molecule has 4 rings (SSSR count). The van der Waals surface area contributed by atoms with Crippen molar-refractivity contribution >= 4 is 17.3 Å². The number of piperazine rings is 1. The molecule has 1 aromatic carbocycles. The van der Waals surface area contributed by atoms with Crippen molar-refractivity contribution in [2.75, 3.05) is 49.1 Å². The number of piperidine rings is 1. The molecule has 0 aliphatic carbocycles. The number of pyridine rings is 1. The predicted molar refractivity (Wildman–Crippen MR) is 109 cm³/mol. The minimum Gasteiger partial charge on any atom is -0.367 e. The molecule has 2 aromatic rings. The average molecular weight is 382 g/mol. The zero-order valence-corrected chi connectivity index (χ0v) is 16.4. The van der Waals surface area contributed by atoms with E-state index in [-0.39, 0.29) is 11.7 Å². The molecular weight excluding hydrogens is 355 g/mol. The molecule has 2 fully saturated rings. The van der Waals surface area contributed by atoms with Gasteiger partial charge in [-0.15, -0.1) is 0 Å². The Hall–Kier alpha value is -2.63. The lowest BCUT2D eigenvalue weighted by Gasteiger charge is -2.37. The first kappa shape index (κ1) is 18.7. The molecule has 3 heterocycles. The first-order chi connectivity index (χ1) is 13.6. The highest BCUT2D eigenvalue weighted by Crippen LogP contribution is 2.24. The summed E-state index contributed by atoms with van der Waals surface area (Å²) in [4.78, 5) is 23.4. The van der Waals surface area contributed by atoms with E-state index in [2.05, 4.69) is 21.7 Å². The third-order valence-electron chi connectivity index (χ3n) is 5.88. The molecule has 0 N–H and O–H groups in total. The topological polar surface area (TPSA) is 39.7 Å². The van der Waals surface area contributed by atoms with Crippen LogP contribution in [0.5, 0.6) is 0 Å². The molecule has 2 aliphatic heterocycles. The largest absolute Gasteiger partial charge is 0.367 e. The van der Waals surface area contributed by atoms with Gasteiger partial charge in [-0.25, -0.2) is 4.39 Å². The Kier molecular flexibility index (Phi) is 5.46. The first-order valence-electron chi connectivity index (χ1n) is 10.1. The number of carbonyl (C=O) groups is 1. The summed E-state index contributed by atoms with van der Waals surface area (Å²) >= 11 is 0. The van der Waals surface area contributed by atoms with E-state index in [0.29, 0.717) is 17.2 Å². The van der Waals surface area contributed by atoms with E-state index in [1.807, 2.05) is 29.3 Å². The van der Waals surface area contributed by atoms with Crippen molar-refractivity contribution in [3.05, 3.63) is 54.1 Å². The first-order valence-corrected chi connectivity index (χ1v) is 10.1. The van der Waals surface area contributed by atoms with Gasteiger partial charge in [-0.1, -0.05) is 19.1 Å². The van der Waals surface area contributed by atoms with Crippen molar-refractivity contribution < 1.29 is 9.18 Å². The number of halogens is 1. The number of aromatic nitrogens is 1. The number of amides is 1. The maximum absolute atomic E-state index is 14.0. The normalized spacial score (nSPS) is 18.4. The van der Waals surface area contributed by atoms with Gasteiger partial charge in [0.2, 0.25) is 0 Å². The zero-order valence-electron chi connectivity index (χ0n) is 16.4. The van der Waals surface area contributed by atoms with Crippen LogP contribution in [0.4, 0.5) is 15.8 Å². The molecule has 0 radical (unpaired) electrons. The van der Waals surface area contributed by atoms with E-state index in [9.17, 15) is 9.18 Å². The lowest BCUT2D eigenvalue weighted by molar-refractivity contribution is 0.0697. The van der Waals surface area contributed by atoms with Crippen LogP contribution in [-0.2, 0) is 0 Å². The number of likely N-dealkylation sites (tertiary alicyclic amines) is 1. The molecule has 2 saturated heterocycles. The summed E-state index contributed by atoms with van der Waals surface area (Å²) < 4.78 is 14.0. The van der Waals surface area contributed by atoms with Gasteiger partial charge in [0.15, 0.2) is 0 Å². The Labute approximate surface area is 165 Å². The molecular formula is C22H27FN4O. The van der Waals surface area contributed by atoms with Crippen molar-refractivity contribution in [1.82, 2.24) is 9.88 Å². The number of hydrogen-bond donors (Lipinski definition) is 0. The Balaban J connectivity index is 1.41. The van der Waals surface area contributed by atoms with Crippen LogP contribution in [0.2, 0.25) is 0 Å². The van der Waals surface area contributed by atoms with Crippen LogP contribution < -0.4 is 9.80 Å². The molecule has 0 spiro atoms. The van der Waals surface area contributed by atoms with E-state index < -0.39 is 0 Å². The van der Waals surface area contributed by atoms with E-state index in [4.69, 9.17) is 0 Å². The zero-order chi connectivity index (χ0) is 19.5. The molecule has 0 bridgehead atoms. The highest BCUT2D eigenvalue weighted by molar-refractivity contribution is 5.94. The van der Waals surface area contributed by atoms with Crippen LogP contribution in [-0.4, -0.2) is 55.1 Å². The van der Waals surface area contributed by atoms with E-state index >= 15 is 0 Å². The molecule has 28 heavy (non-hydrogen) atoms. The van der Waals surface area contributed by atoms with Crippen LogP contribution in [0.25, 0.3) is 0 Å². The fourth-order valence-electron chi connectivity index (χ4n) is 4.03. The molecule has 1 amide bonds. The number of nitrogens with zero attached hydrogens (tertiary/aromatic N) is 4. The third kappa shape index (κ3) is 3.96. The van der Waals surface area contributed by atoms with Crippen molar-refractivity contribution in [2.24, 2.45) is 5.92 Å². The number of para-hydroxylation sites is 1. The highest BCUT2D eigenvalue weighted by atomic mass is 19.1. The summed E-state index contributed by atoms with van der Waals surface area (Å²) in [6.45, 7) is 6.91. The van der Waals surface area contributed by atoms with Gasteiger partial charge in [-0.2, -0.15) is 0 Å². The van der Waals surface area contributed by atoms with Gasteiger partial charge in [-0.3, -0.25) is 9.78 Å².